The zero-order chi connectivity index (χ0) is 11.3. The highest BCUT2D eigenvalue weighted by Crippen LogP contribution is 2.27. The highest BCUT2D eigenvalue weighted by Gasteiger charge is 2.30. The van der Waals surface area contributed by atoms with Crippen molar-refractivity contribution in [1.29, 1.82) is 0 Å². The van der Waals surface area contributed by atoms with Crippen LogP contribution in [0.3, 0.4) is 0 Å². The third-order valence-corrected chi connectivity index (χ3v) is 3.19. The molecular formula is C12H23NO2. The lowest BCUT2D eigenvalue weighted by molar-refractivity contribution is -0.147. The van der Waals surface area contributed by atoms with Crippen molar-refractivity contribution in [1.82, 2.24) is 5.32 Å². The van der Waals surface area contributed by atoms with Crippen LogP contribution in [0.15, 0.2) is 0 Å². The van der Waals surface area contributed by atoms with Crippen molar-refractivity contribution in [2.75, 3.05) is 6.61 Å². The summed E-state index contributed by atoms with van der Waals surface area (Å²) in [6.07, 6.45) is 4.17. The van der Waals surface area contributed by atoms with Crippen molar-refractivity contribution in [3.05, 3.63) is 0 Å². The number of esters is 1. The highest BCUT2D eigenvalue weighted by molar-refractivity contribution is 5.72. The van der Waals surface area contributed by atoms with E-state index >= 15 is 0 Å². The summed E-state index contributed by atoms with van der Waals surface area (Å²) in [5, 5.41) is 3.55. The van der Waals surface area contributed by atoms with Gasteiger partial charge in [0, 0.05) is 12.1 Å². The molecule has 15 heavy (non-hydrogen) atoms. The Hall–Kier alpha value is -0.570. The van der Waals surface area contributed by atoms with Crippen LogP contribution >= 0.6 is 0 Å². The van der Waals surface area contributed by atoms with Gasteiger partial charge in [-0.2, -0.15) is 0 Å². The zero-order valence-corrected chi connectivity index (χ0v) is 10.1. The van der Waals surface area contributed by atoms with Crippen LogP contribution in [0.1, 0.15) is 46.5 Å². The molecule has 3 heteroatoms. The molecule has 0 saturated heterocycles. The summed E-state index contributed by atoms with van der Waals surface area (Å²) >= 11 is 0. The fraction of sp³-hybridized carbons (Fsp3) is 0.917. The zero-order valence-electron chi connectivity index (χ0n) is 10.1. The topological polar surface area (TPSA) is 38.3 Å². The van der Waals surface area contributed by atoms with Crippen LogP contribution in [0.2, 0.25) is 0 Å². The Morgan fingerprint density at radius 2 is 2.20 bits per heavy atom. The molecule has 0 aliphatic heterocycles. The molecule has 0 aromatic carbocycles. The SMILES string of the molecule is CCOC(=O)C1CCC(NC(C)CC)C1. The largest absolute Gasteiger partial charge is 0.466 e. The van der Waals surface area contributed by atoms with Gasteiger partial charge in [-0.3, -0.25) is 4.79 Å². The quantitative estimate of drug-likeness (QED) is 0.711. The molecule has 3 nitrogen and oxygen atoms in total. The molecule has 0 radical (unpaired) electrons. The summed E-state index contributed by atoms with van der Waals surface area (Å²) in [5.41, 5.74) is 0. The third kappa shape index (κ3) is 3.82. The first-order valence-electron chi connectivity index (χ1n) is 6.10. The molecular weight excluding hydrogens is 190 g/mol. The minimum Gasteiger partial charge on any atom is -0.466 e. The lowest BCUT2D eigenvalue weighted by Gasteiger charge is -2.17. The Kier molecular flexibility index (Phi) is 5.09. The van der Waals surface area contributed by atoms with Gasteiger partial charge in [-0.25, -0.2) is 0 Å². The van der Waals surface area contributed by atoms with Gasteiger partial charge in [-0.1, -0.05) is 6.92 Å². The van der Waals surface area contributed by atoms with Crippen LogP contribution < -0.4 is 5.32 Å². The second-order valence-electron chi connectivity index (χ2n) is 4.43. The predicted molar refractivity (Wildman–Crippen MR) is 60.7 cm³/mol. The van der Waals surface area contributed by atoms with Gasteiger partial charge in [-0.15, -0.1) is 0 Å². The molecule has 88 valence electrons. The average Bonchev–Trinajstić information content (AvgIpc) is 2.66. The van der Waals surface area contributed by atoms with Crippen molar-refractivity contribution in [3.63, 3.8) is 0 Å². The first-order chi connectivity index (χ1) is 7.17. The maximum atomic E-state index is 11.5. The van der Waals surface area contributed by atoms with Crippen LogP contribution in [0.25, 0.3) is 0 Å². The van der Waals surface area contributed by atoms with Crippen molar-refractivity contribution < 1.29 is 9.53 Å². The monoisotopic (exact) mass is 213 g/mol. The second-order valence-corrected chi connectivity index (χ2v) is 4.43. The van der Waals surface area contributed by atoms with E-state index < -0.39 is 0 Å². The van der Waals surface area contributed by atoms with Gasteiger partial charge >= 0.3 is 5.97 Å². The predicted octanol–water partition coefficient (Wildman–Crippen LogP) is 2.11. The fourth-order valence-electron chi connectivity index (χ4n) is 2.13. The van der Waals surface area contributed by atoms with E-state index in [0.29, 0.717) is 18.7 Å². The summed E-state index contributed by atoms with van der Waals surface area (Å²) in [5.74, 6) is 0.123. The van der Waals surface area contributed by atoms with Crippen molar-refractivity contribution >= 4 is 5.97 Å². The number of nitrogens with one attached hydrogen (secondary N) is 1. The number of hydrogen-bond donors (Lipinski definition) is 1. The standard InChI is InChI=1S/C12H23NO2/c1-4-9(3)13-11-7-6-10(8-11)12(14)15-5-2/h9-11,13H,4-8H2,1-3H3. The van der Waals surface area contributed by atoms with Gasteiger partial charge in [0.2, 0.25) is 0 Å². The van der Waals surface area contributed by atoms with Crippen molar-refractivity contribution in [3.8, 4) is 0 Å². The first kappa shape index (κ1) is 12.5. The number of hydrogen-bond acceptors (Lipinski definition) is 3. The van der Waals surface area contributed by atoms with Gasteiger partial charge < -0.3 is 10.1 Å². The minimum atomic E-state index is -0.00838. The van der Waals surface area contributed by atoms with E-state index in [9.17, 15) is 4.79 Å². The van der Waals surface area contributed by atoms with Gasteiger partial charge in [0.05, 0.1) is 12.5 Å². The molecule has 3 atom stereocenters. The second kappa shape index (κ2) is 6.11. The van der Waals surface area contributed by atoms with Gasteiger partial charge in [0.25, 0.3) is 0 Å². The molecule has 0 aromatic rings. The number of carbonyl (C=O) groups excluding carboxylic acids is 1. The summed E-state index contributed by atoms with van der Waals surface area (Å²) < 4.78 is 5.04. The lowest BCUT2D eigenvalue weighted by atomic mass is 10.1. The van der Waals surface area contributed by atoms with Crippen LogP contribution in [-0.4, -0.2) is 24.7 Å². The van der Waals surface area contributed by atoms with Crippen LogP contribution in [0, 0.1) is 5.92 Å². The molecule has 1 rings (SSSR count). The van der Waals surface area contributed by atoms with Crippen LogP contribution in [0.4, 0.5) is 0 Å². The minimum absolute atomic E-state index is 0.00838. The molecule has 0 spiro atoms. The number of ether oxygens (including phenoxy) is 1. The molecule has 1 N–H and O–H groups in total. The molecule has 0 heterocycles. The molecule has 3 unspecified atom stereocenters. The average molecular weight is 213 g/mol. The van der Waals surface area contributed by atoms with Crippen molar-refractivity contribution in [2.24, 2.45) is 5.92 Å². The van der Waals surface area contributed by atoms with E-state index in [4.69, 9.17) is 4.74 Å². The molecule has 1 aliphatic carbocycles. The summed E-state index contributed by atoms with van der Waals surface area (Å²) in [7, 11) is 0. The molecule has 0 bridgehead atoms. The molecule has 0 amide bonds. The molecule has 1 saturated carbocycles. The Bertz CT molecular complexity index is 206. The molecule has 0 aromatic heterocycles. The van der Waals surface area contributed by atoms with Gasteiger partial charge in [0.15, 0.2) is 0 Å². The summed E-state index contributed by atoms with van der Waals surface area (Å²) in [6, 6.07) is 1.06. The van der Waals surface area contributed by atoms with Crippen LogP contribution in [0.5, 0.6) is 0 Å². The first-order valence-corrected chi connectivity index (χ1v) is 6.10. The number of rotatable bonds is 5. The third-order valence-electron chi connectivity index (χ3n) is 3.19. The van der Waals surface area contributed by atoms with E-state index in [2.05, 4.69) is 19.2 Å². The smallest absolute Gasteiger partial charge is 0.308 e. The Morgan fingerprint density at radius 1 is 1.47 bits per heavy atom. The fourth-order valence-corrected chi connectivity index (χ4v) is 2.13. The van der Waals surface area contributed by atoms with Gasteiger partial charge in [-0.05, 0) is 39.5 Å². The molecule has 1 fully saturated rings. The Balaban J connectivity index is 2.29. The van der Waals surface area contributed by atoms with Crippen LogP contribution in [-0.2, 0) is 9.53 Å². The molecule has 1 aliphatic rings. The van der Waals surface area contributed by atoms with E-state index in [1.807, 2.05) is 6.92 Å². The summed E-state index contributed by atoms with van der Waals surface area (Å²) in [4.78, 5) is 11.5. The maximum absolute atomic E-state index is 11.5. The normalized spacial score (nSPS) is 27.7. The lowest BCUT2D eigenvalue weighted by Crippen LogP contribution is -2.34. The number of carbonyl (C=O) groups is 1. The Morgan fingerprint density at radius 3 is 2.80 bits per heavy atom. The van der Waals surface area contributed by atoms with Gasteiger partial charge in [0.1, 0.15) is 0 Å². The maximum Gasteiger partial charge on any atom is 0.308 e. The van der Waals surface area contributed by atoms with Crippen molar-refractivity contribution in [2.45, 2.75) is 58.5 Å². The summed E-state index contributed by atoms with van der Waals surface area (Å²) in [6.45, 7) is 6.73. The highest BCUT2D eigenvalue weighted by atomic mass is 16.5. The Labute approximate surface area is 92.6 Å². The van der Waals surface area contributed by atoms with E-state index in [1.54, 1.807) is 0 Å². The van der Waals surface area contributed by atoms with E-state index in [-0.39, 0.29) is 11.9 Å². The van der Waals surface area contributed by atoms with E-state index in [1.165, 1.54) is 0 Å². The van der Waals surface area contributed by atoms with E-state index in [0.717, 1.165) is 25.7 Å².